The molecule has 0 bridgehead atoms. The number of nitrogens with zero attached hydrogens (tertiary/aromatic N) is 3. The van der Waals surface area contributed by atoms with Crippen LogP contribution in [0.4, 0.5) is 14.6 Å². The van der Waals surface area contributed by atoms with Crippen molar-refractivity contribution in [2.75, 3.05) is 37.7 Å². The number of hydrogen-bond acceptors (Lipinski definition) is 6. The molecule has 1 saturated heterocycles. The van der Waals surface area contributed by atoms with Crippen molar-refractivity contribution in [1.82, 2.24) is 14.7 Å². The minimum absolute atomic E-state index is 0.170. The lowest BCUT2D eigenvalue weighted by Crippen LogP contribution is -2.36. The molecule has 1 aliphatic heterocycles. The van der Waals surface area contributed by atoms with E-state index in [0.717, 1.165) is 6.07 Å². The summed E-state index contributed by atoms with van der Waals surface area (Å²) in [5.41, 5.74) is 1.27. The number of ether oxygens (including phenoxy) is 1. The lowest BCUT2D eigenvalue weighted by Gasteiger charge is -2.27. The van der Waals surface area contributed by atoms with Crippen LogP contribution in [-0.2, 0) is 22.4 Å². The summed E-state index contributed by atoms with van der Waals surface area (Å²) < 4.78 is 55.7. The molecule has 1 atom stereocenters. The fraction of sp³-hybridized carbons (Fsp3) is 0.318. The molecule has 1 aliphatic rings. The first kappa shape index (κ1) is 23.3. The Balaban J connectivity index is 1.59. The fourth-order valence-corrected chi connectivity index (χ4v) is 3.97. The first-order valence-electron chi connectivity index (χ1n) is 10.4. The number of carbonyl (C=O) groups is 1. The monoisotopic (exact) mass is 476 g/mol. The van der Waals surface area contributed by atoms with Crippen molar-refractivity contribution < 1.29 is 27.1 Å². The third-order valence-corrected chi connectivity index (χ3v) is 5.78. The Labute approximate surface area is 191 Å². The second-order valence-corrected chi connectivity index (χ2v) is 8.33. The number of morpholine rings is 1. The first-order chi connectivity index (χ1) is 15.9. The Morgan fingerprint density at radius 1 is 1.18 bits per heavy atom. The van der Waals surface area contributed by atoms with E-state index < -0.39 is 28.7 Å². The zero-order chi connectivity index (χ0) is 23.4. The predicted octanol–water partition coefficient (Wildman–Crippen LogP) is 2.63. The molecular formula is C22H22F2N4O4S. The maximum absolute atomic E-state index is 14.5. The number of aryl methyl sites for hydroxylation is 1. The van der Waals surface area contributed by atoms with Gasteiger partial charge >= 0.3 is 0 Å². The van der Waals surface area contributed by atoms with Crippen LogP contribution in [-0.4, -0.2) is 57.4 Å². The predicted molar refractivity (Wildman–Crippen MR) is 119 cm³/mol. The van der Waals surface area contributed by atoms with Gasteiger partial charge in [0.15, 0.2) is 17.4 Å². The van der Waals surface area contributed by atoms with Gasteiger partial charge in [0.25, 0.3) is 0 Å². The van der Waals surface area contributed by atoms with Gasteiger partial charge in [-0.15, -0.1) is 0 Å². The fourth-order valence-electron chi connectivity index (χ4n) is 3.65. The Kier molecular flexibility index (Phi) is 7.33. The molecule has 8 nitrogen and oxygen atoms in total. The highest BCUT2D eigenvalue weighted by Crippen LogP contribution is 2.23. The van der Waals surface area contributed by atoms with E-state index in [0.29, 0.717) is 61.6 Å². The number of anilines is 1. The summed E-state index contributed by atoms with van der Waals surface area (Å²) in [6, 6.07) is 7.01. The molecule has 0 saturated carbocycles. The second kappa shape index (κ2) is 10.4. The van der Waals surface area contributed by atoms with Crippen LogP contribution in [0, 0.1) is 11.6 Å². The standard InChI is InChI=1S/C22H22F2N4O4S/c23-17-11-14(2-1-5-26-33(30)31)10-16(21(17)24)22(29)15-3-4-18-19(12-15)27-20(13-25-18)28-6-8-32-9-7-28/h3-4,10-13,26H,1-2,5-9H2,(H,30,31). The van der Waals surface area contributed by atoms with Crippen LogP contribution in [0.25, 0.3) is 11.0 Å². The lowest BCUT2D eigenvalue weighted by atomic mass is 9.98. The van der Waals surface area contributed by atoms with Crippen molar-refractivity contribution in [2.45, 2.75) is 12.8 Å². The number of carbonyl (C=O) groups excluding carboxylic acids is 1. The van der Waals surface area contributed by atoms with E-state index in [9.17, 15) is 17.8 Å². The number of benzene rings is 2. The summed E-state index contributed by atoms with van der Waals surface area (Å²) in [5, 5.41) is 0. The van der Waals surface area contributed by atoms with Crippen LogP contribution in [0.5, 0.6) is 0 Å². The summed E-state index contributed by atoms with van der Waals surface area (Å²) in [6.45, 7) is 2.75. The van der Waals surface area contributed by atoms with Crippen molar-refractivity contribution in [3.05, 3.63) is 64.9 Å². The summed E-state index contributed by atoms with van der Waals surface area (Å²) in [4.78, 5) is 24.1. The van der Waals surface area contributed by atoms with Gasteiger partial charge in [0, 0.05) is 25.2 Å². The van der Waals surface area contributed by atoms with Crippen molar-refractivity contribution in [3.63, 3.8) is 0 Å². The van der Waals surface area contributed by atoms with Crippen LogP contribution in [0.15, 0.2) is 36.5 Å². The molecule has 0 aliphatic carbocycles. The molecule has 11 heteroatoms. The molecule has 1 fully saturated rings. The number of rotatable bonds is 8. The number of hydrogen-bond donors (Lipinski definition) is 2. The molecule has 2 N–H and O–H groups in total. The van der Waals surface area contributed by atoms with Crippen molar-refractivity contribution >= 4 is 33.9 Å². The highest BCUT2D eigenvalue weighted by molar-refractivity contribution is 7.77. The van der Waals surface area contributed by atoms with Gasteiger partial charge in [-0.2, -0.15) is 0 Å². The van der Waals surface area contributed by atoms with E-state index in [1.165, 1.54) is 18.2 Å². The third-order valence-electron chi connectivity index (χ3n) is 5.33. The van der Waals surface area contributed by atoms with Crippen molar-refractivity contribution in [3.8, 4) is 0 Å². The van der Waals surface area contributed by atoms with Gasteiger partial charge in [0.1, 0.15) is 5.82 Å². The minimum Gasteiger partial charge on any atom is -0.378 e. The quantitative estimate of drug-likeness (QED) is 0.293. The van der Waals surface area contributed by atoms with E-state index in [2.05, 4.69) is 14.7 Å². The number of ketones is 1. The first-order valence-corrected chi connectivity index (χ1v) is 11.5. The van der Waals surface area contributed by atoms with Crippen LogP contribution in [0.2, 0.25) is 0 Å². The van der Waals surface area contributed by atoms with E-state index in [1.807, 2.05) is 4.90 Å². The Morgan fingerprint density at radius 2 is 1.97 bits per heavy atom. The molecule has 33 heavy (non-hydrogen) atoms. The molecule has 0 radical (unpaired) electrons. The zero-order valence-electron chi connectivity index (χ0n) is 17.6. The zero-order valence-corrected chi connectivity index (χ0v) is 18.4. The molecule has 2 aromatic carbocycles. The number of nitrogens with one attached hydrogen (secondary N) is 1. The SMILES string of the molecule is O=C(c1ccc2ncc(N3CCOCC3)nc2c1)c1cc(CCCNS(=O)O)cc(F)c1F. The largest absolute Gasteiger partial charge is 0.378 e. The minimum atomic E-state index is -2.14. The van der Waals surface area contributed by atoms with E-state index in [-0.39, 0.29) is 17.7 Å². The average Bonchev–Trinajstić information content (AvgIpc) is 2.83. The Bertz CT molecular complexity index is 1200. The molecule has 174 valence electrons. The van der Waals surface area contributed by atoms with Crippen molar-refractivity contribution in [1.29, 1.82) is 0 Å². The molecule has 1 unspecified atom stereocenters. The Morgan fingerprint density at radius 3 is 2.73 bits per heavy atom. The lowest BCUT2D eigenvalue weighted by molar-refractivity contribution is 0.103. The maximum Gasteiger partial charge on any atom is 0.231 e. The Hall–Kier alpha value is -2.86. The van der Waals surface area contributed by atoms with Gasteiger partial charge in [0.05, 0.1) is 36.0 Å². The van der Waals surface area contributed by atoms with Gasteiger partial charge in [-0.25, -0.2) is 22.7 Å². The van der Waals surface area contributed by atoms with E-state index >= 15 is 0 Å². The number of aromatic nitrogens is 2. The van der Waals surface area contributed by atoms with Gasteiger partial charge < -0.3 is 9.64 Å². The second-order valence-electron chi connectivity index (χ2n) is 7.55. The van der Waals surface area contributed by atoms with Crippen LogP contribution < -0.4 is 9.62 Å². The van der Waals surface area contributed by atoms with Gasteiger partial charge in [-0.05, 0) is 48.7 Å². The van der Waals surface area contributed by atoms with Crippen LogP contribution in [0.3, 0.4) is 0 Å². The summed E-state index contributed by atoms with van der Waals surface area (Å²) in [6.07, 6.45) is 2.36. The van der Waals surface area contributed by atoms with Crippen LogP contribution in [0.1, 0.15) is 27.9 Å². The molecule has 4 rings (SSSR count). The van der Waals surface area contributed by atoms with Gasteiger partial charge in [0.2, 0.25) is 11.3 Å². The summed E-state index contributed by atoms with van der Waals surface area (Å²) in [5.74, 6) is -2.34. The maximum atomic E-state index is 14.5. The highest BCUT2D eigenvalue weighted by Gasteiger charge is 2.20. The molecular weight excluding hydrogens is 454 g/mol. The smallest absolute Gasteiger partial charge is 0.231 e. The van der Waals surface area contributed by atoms with Crippen molar-refractivity contribution in [2.24, 2.45) is 0 Å². The topological polar surface area (TPSA) is 105 Å². The molecule has 0 amide bonds. The van der Waals surface area contributed by atoms with Crippen LogP contribution >= 0.6 is 0 Å². The summed E-state index contributed by atoms with van der Waals surface area (Å²) >= 11 is -2.14. The van der Waals surface area contributed by atoms with Gasteiger partial charge in [-0.1, -0.05) is 0 Å². The molecule has 0 spiro atoms. The average molecular weight is 477 g/mol. The summed E-state index contributed by atoms with van der Waals surface area (Å²) in [7, 11) is 0. The molecule has 2 heterocycles. The highest BCUT2D eigenvalue weighted by atomic mass is 32.2. The van der Waals surface area contributed by atoms with Gasteiger partial charge in [-0.3, -0.25) is 14.3 Å². The normalized spacial score (nSPS) is 15.1. The van der Waals surface area contributed by atoms with E-state index in [4.69, 9.17) is 9.29 Å². The third kappa shape index (κ3) is 5.56. The molecule has 3 aromatic rings. The number of halogens is 2. The molecule has 1 aromatic heterocycles. The van der Waals surface area contributed by atoms with E-state index in [1.54, 1.807) is 12.3 Å². The number of fused-ring (bicyclic) bond motifs is 1.